The number of amides is 1. The molecule has 0 aliphatic carbocycles. The highest BCUT2D eigenvalue weighted by molar-refractivity contribution is 7.99. The third-order valence-electron chi connectivity index (χ3n) is 3.80. The molecular weight excluding hydrogens is 298 g/mol. The number of benzene rings is 1. The Balaban J connectivity index is 2.49. The Kier molecular flexibility index (Phi) is 6.94. The minimum atomic E-state index is -0.899. The van der Waals surface area contributed by atoms with Gasteiger partial charge in [-0.25, -0.2) is 0 Å². The van der Waals surface area contributed by atoms with E-state index in [1.807, 2.05) is 39.0 Å². The molecule has 0 aliphatic heterocycles. The normalized spacial score (nSPS) is 13.7. The van der Waals surface area contributed by atoms with Crippen LogP contribution in [0.25, 0.3) is 0 Å². The molecule has 22 heavy (non-hydrogen) atoms. The Bertz CT molecular complexity index is 530. The molecule has 0 saturated carbocycles. The molecule has 1 aromatic carbocycles. The van der Waals surface area contributed by atoms with Gasteiger partial charge in [0.1, 0.15) is 0 Å². The van der Waals surface area contributed by atoms with E-state index >= 15 is 0 Å². The van der Waals surface area contributed by atoms with Gasteiger partial charge in [0.25, 0.3) is 0 Å². The zero-order valence-electron chi connectivity index (χ0n) is 13.7. The summed E-state index contributed by atoms with van der Waals surface area (Å²) in [5.41, 5.74) is 1.68. The number of aliphatic carboxylic acids is 1. The van der Waals surface area contributed by atoms with Crippen molar-refractivity contribution in [3.63, 3.8) is 0 Å². The Morgan fingerprint density at radius 3 is 2.59 bits per heavy atom. The van der Waals surface area contributed by atoms with E-state index in [9.17, 15) is 9.59 Å². The SMILES string of the molecule is Cc1cccc(CSCC(=O)NC(C)(CC(=O)O)C(C)C)c1. The van der Waals surface area contributed by atoms with Gasteiger partial charge in [-0.05, 0) is 25.3 Å². The number of rotatable bonds is 8. The Morgan fingerprint density at radius 1 is 1.36 bits per heavy atom. The van der Waals surface area contributed by atoms with Gasteiger partial charge in [-0.1, -0.05) is 43.7 Å². The van der Waals surface area contributed by atoms with Crippen molar-refractivity contribution < 1.29 is 14.7 Å². The number of carbonyl (C=O) groups is 2. The molecule has 1 rings (SSSR count). The molecule has 0 radical (unpaired) electrons. The Hall–Kier alpha value is -1.49. The lowest BCUT2D eigenvalue weighted by molar-refractivity contribution is -0.139. The average molecular weight is 323 g/mol. The van der Waals surface area contributed by atoms with E-state index in [-0.39, 0.29) is 18.2 Å². The van der Waals surface area contributed by atoms with E-state index in [2.05, 4.69) is 11.4 Å². The van der Waals surface area contributed by atoms with Gasteiger partial charge in [-0.2, -0.15) is 0 Å². The van der Waals surface area contributed by atoms with E-state index in [1.54, 1.807) is 6.92 Å². The van der Waals surface area contributed by atoms with Gasteiger partial charge in [0.05, 0.1) is 12.2 Å². The van der Waals surface area contributed by atoms with Crippen LogP contribution in [0, 0.1) is 12.8 Å². The predicted octanol–water partition coefficient (Wildman–Crippen LogP) is 3.23. The number of hydrogen-bond acceptors (Lipinski definition) is 3. The highest BCUT2D eigenvalue weighted by Crippen LogP contribution is 2.21. The first kappa shape index (κ1) is 18.6. The predicted molar refractivity (Wildman–Crippen MR) is 91.0 cm³/mol. The summed E-state index contributed by atoms with van der Waals surface area (Å²) in [6.45, 7) is 7.67. The van der Waals surface area contributed by atoms with Gasteiger partial charge < -0.3 is 10.4 Å². The van der Waals surface area contributed by atoms with Crippen LogP contribution in [0.15, 0.2) is 24.3 Å². The number of hydrogen-bond donors (Lipinski definition) is 2. The lowest BCUT2D eigenvalue weighted by Gasteiger charge is -2.33. The van der Waals surface area contributed by atoms with Crippen molar-refractivity contribution in [3.8, 4) is 0 Å². The summed E-state index contributed by atoms with van der Waals surface area (Å²) < 4.78 is 0. The number of carboxylic acid groups (broad SMARTS) is 1. The molecule has 0 fully saturated rings. The van der Waals surface area contributed by atoms with E-state index in [1.165, 1.54) is 22.9 Å². The highest BCUT2D eigenvalue weighted by atomic mass is 32.2. The van der Waals surface area contributed by atoms with Crippen molar-refractivity contribution >= 4 is 23.6 Å². The maximum absolute atomic E-state index is 12.1. The van der Waals surface area contributed by atoms with Gasteiger partial charge in [0, 0.05) is 11.3 Å². The van der Waals surface area contributed by atoms with Crippen LogP contribution in [0.2, 0.25) is 0 Å². The number of nitrogens with one attached hydrogen (secondary N) is 1. The second kappa shape index (κ2) is 8.22. The number of carboxylic acids is 1. The summed E-state index contributed by atoms with van der Waals surface area (Å²) in [6.07, 6.45) is -0.0705. The van der Waals surface area contributed by atoms with Crippen LogP contribution in [0.5, 0.6) is 0 Å². The molecule has 0 bridgehead atoms. The van der Waals surface area contributed by atoms with Crippen LogP contribution in [-0.2, 0) is 15.3 Å². The average Bonchev–Trinajstić information content (AvgIpc) is 2.37. The molecule has 4 nitrogen and oxygen atoms in total. The quantitative estimate of drug-likeness (QED) is 0.771. The van der Waals surface area contributed by atoms with Gasteiger partial charge in [0.2, 0.25) is 5.91 Å². The van der Waals surface area contributed by atoms with Crippen molar-refractivity contribution in [2.45, 2.75) is 45.4 Å². The number of thioether (sulfide) groups is 1. The maximum Gasteiger partial charge on any atom is 0.305 e. The van der Waals surface area contributed by atoms with Crippen molar-refractivity contribution in [1.29, 1.82) is 0 Å². The monoisotopic (exact) mass is 323 g/mol. The molecule has 122 valence electrons. The second-order valence-corrected chi connectivity index (χ2v) is 7.16. The fourth-order valence-electron chi connectivity index (χ4n) is 2.12. The number of aryl methyl sites for hydroxylation is 1. The van der Waals surface area contributed by atoms with Gasteiger partial charge in [0.15, 0.2) is 0 Å². The summed E-state index contributed by atoms with van der Waals surface area (Å²) in [5, 5.41) is 11.9. The van der Waals surface area contributed by atoms with E-state index < -0.39 is 11.5 Å². The second-order valence-electron chi connectivity index (χ2n) is 6.17. The summed E-state index contributed by atoms with van der Waals surface area (Å²) in [4.78, 5) is 23.1. The fourth-order valence-corrected chi connectivity index (χ4v) is 2.90. The zero-order chi connectivity index (χ0) is 16.8. The first-order valence-electron chi connectivity index (χ1n) is 7.39. The van der Waals surface area contributed by atoms with Gasteiger partial charge in [-0.15, -0.1) is 11.8 Å². The van der Waals surface area contributed by atoms with E-state index in [4.69, 9.17) is 5.11 Å². The largest absolute Gasteiger partial charge is 0.481 e. The summed E-state index contributed by atoms with van der Waals surface area (Å²) >= 11 is 1.53. The third-order valence-corrected chi connectivity index (χ3v) is 4.81. The third kappa shape index (κ3) is 6.10. The molecule has 2 N–H and O–H groups in total. The van der Waals surface area contributed by atoms with Crippen LogP contribution in [0.4, 0.5) is 0 Å². The van der Waals surface area contributed by atoms with Crippen molar-refractivity contribution in [1.82, 2.24) is 5.32 Å². The van der Waals surface area contributed by atoms with Crippen molar-refractivity contribution in [3.05, 3.63) is 35.4 Å². The van der Waals surface area contributed by atoms with Crippen molar-refractivity contribution in [2.24, 2.45) is 5.92 Å². The smallest absolute Gasteiger partial charge is 0.305 e. The van der Waals surface area contributed by atoms with Crippen LogP contribution < -0.4 is 5.32 Å². The molecule has 1 atom stereocenters. The Morgan fingerprint density at radius 2 is 2.05 bits per heavy atom. The maximum atomic E-state index is 12.1. The summed E-state index contributed by atoms with van der Waals surface area (Å²) in [7, 11) is 0. The first-order chi connectivity index (χ1) is 10.2. The molecule has 1 unspecified atom stereocenters. The minimum absolute atomic E-state index is 0.0503. The molecule has 0 saturated heterocycles. The number of carbonyl (C=O) groups excluding carboxylic acids is 1. The highest BCUT2D eigenvalue weighted by Gasteiger charge is 2.32. The summed E-state index contributed by atoms with van der Waals surface area (Å²) in [6, 6.07) is 8.20. The molecular formula is C17H25NO3S. The molecule has 1 amide bonds. The fraction of sp³-hybridized carbons (Fsp3) is 0.529. The van der Waals surface area contributed by atoms with Crippen LogP contribution in [0.3, 0.4) is 0 Å². The lowest BCUT2D eigenvalue weighted by atomic mass is 9.85. The van der Waals surface area contributed by atoms with Gasteiger partial charge >= 0.3 is 5.97 Å². The lowest BCUT2D eigenvalue weighted by Crippen LogP contribution is -2.51. The van der Waals surface area contributed by atoms with Crippen LogP contribution >= 0.6 is 11.8 Å². The topological polar surface area (TPSA) is 66.4 Å². The standard InChI is InChI=1S/C17H25NO3S/c1-12(2)17(4,9-16(20)21)18-15(19)11-22-10-14-7-5-6-13(3)8-14/h5-8,12H,9-11H2,1-4H3,(H,18,19)(H,20,21). The van der Waals surface area contributed by atoms with Crippen LogP contribution in [-0.4, -0.2) is 28.3 Å². The molecule has 0 heterocycles. The summed E-state index contributed by atoms with van der Waals surface area (Å²) in [5.74, 6) is 0.135. The Labute approximate surface area is 136 Å². The molecule has 0 aromatic heterocycles. The van der Waals surface area contributed by atoms with E-state index in [0.29, 0.717) is 5.75 Å². The molecule has 5 heteroatoms. The first-order valence-corrected chi connectivity index (χ1v) is 8.54. The van der Waals surface area contributed by atoms with Crippen molar-refractivity contribution in [2.75, 3.05) is 5.75 Å². The van der Waals surface area contributed by atoms with Crippen LogP contribution in [0.1, 0.15) is 38.3 Å². The molecule has 1 aromatic rings. The molecule has 0 aliphatic rings. The molecule has 0 spiro atoms. The zero-order valence-corrected chi connectivity index (χ0v) is 14.5. The van der Waals surface area contributed by atoms with E-state index in [0.717, 1.165) is 5.75 Å². The van der Waals surface area contributed by atoms with Gasteiger partial charge in [-0.3, -0.25) is 9.59 Å². The minimum Gasteiger partial charge on any atom is -0.481 e.